The van der Waals surface area contributed by atoms with Crippen molar-refractivity contribution in [1.82, 2.24) is 5.32 Å². The Bertz CT molecular complexity index is 528. The zero-order valence-electron chi connectivity index (χ0n) is 11.1. The molecule has 0 saturated carbocycles. The molecule has 0 aliphatic heterocycles. The number of carbonyl (C=O) groups is 3. The van der Waals surface area contributed by atoms with Gasteiger partial charge in [0, 0.05) is 12.6 Å². The van der Waals surface area contributed by atoms with Crippen molar-refractivity contribution < 1.29 is 14.4 Å². The molecule has 0 radical (unpaired) electrons. The van der Waals surface area contributed by atoms with Crippen molar-refractivity contribution >= 4 is 29.1 Å². The van der Waals surface area contributed by atoms with Crippen LogP contribution < -0.4 is 27.4 Å². The first-order chi connectivity index (χ1) is 9.35. The number of nitrogens with zero attached hydrogens (tertiary/aromatic N) is 1. The number of hydrogen-bond acceptors (Lipinski definition) is 5. The van der Waals surface area contributed by atoms with E-state index in [1.165, 1.54) is 30.1 Å². The monoisotopic (exact) mass is 279 g/mol. The van der Waals surface area contributed by atoms with Crippen LogP contribution >= 0.6 is 0 Å². The summed E-state index contributed by atoms with van der Waals surface area (Å²) in [4.78, 5) is 35.0. The average molecular weight is 279 g/mol. The lowest BCUT2D eigenvalue weighted by Crippen LogP contribution is -2.40. The molecule has 0 unspecified atom stereocenters. The van der Waals surface area contributed by atoms with Gasteiger partial charge in [-0.15, -0.1) is 0 Å². The highest BCUT2D eigenvalue weighted by Gasteiger charge is 2.16. The summed E-state index contributed by atoms with van der Waals surface area (Å²) in [6.07, 6.45) is 0. The van der Waals surface area contributed by atoms with Crippen molar-refractivity contribution in [2.24, 2.45) is 11.5 Å². The Balaban J connectivity index is 3.19. The fraction of sp³-hybridized carbons (Fsp3) is 0.250. The molecule has 1 aromatic rings. The van der Waals surface area contributed by atoms with Crippen molar-refractivity contribution in [3.63, 3.8) is 0 Å². The van der Waals surface area contributed by atoms with Crippen molar-refractivity contribution in [2.75, 3.05) is 30.8 Å². The summed E-state index contributed by atoms with van der Waals surface area (Å²) in [5.41, 5.74) is 17.1. The van der Waals surface area contributed by atoms with Crippen LogP contribution in [0.5, 0.6) is 0 Å². The second-order valence-corrected chi connectivity index (χ2v) is 4.14. The van der Waals surface area contributed by atoms with E-state index in [1.54, 1.807) is 0 Å². The number of benzene rings is 1. The summed E-state index contributed by atoms with van der Waals surface area (Å²) in [7, 11) is 1.49. The molecule has 0 atom stereocenters. The van der Waals surface area contributed by atoms with Gasteiger partial charge in [-0.05, 0) is 18.2 Å². The van der Waals surface area contributed by atoms with Gasteiger partial charge < -0.3 is 27.4 Å². The van der Waals surface area contributed by atoms with Gasteiger partial charge in [0.05, 0.1) is 24.5 Å². The lowest BCUT2D eigenvalue weighted by Gasteiger charge is -2.23. The Morgan fingerprint density at radius 1 is 1.15 bits per heavy atom. The summed E-state index contributed by atoms with van der Waals surface area (Å²) < 4.78 is 0. The Hall–Kier alpha value is -2.77. The molecule has 0 bridgehead atoms. The molecule has 3 amide bonds. The van der Waals surface area contributed by atoms with E-state index in [0.717, 1.165) is 0 Å². The summed E-state index contributed by atoms with van der Waals surface area (Å²) >= 11 is 0. The number of nitrogen functional groups attached to an aromatic ring is 1. The molecule has 0 aliphatic rings. The summed E-state index contributed by atoms with van der Waals surface area (Å²) in [5, 5.41) is 2.47. The van der Waals surface area contributed by atoms with Gasteiger partial charge in [0.15, 0.2) is 0 Å². The molecule has 8 nitrogen and oxygen atoms in total. The number of nitrogens with two attached hydrogens (primary N) is 3. The fourth-order valence-corrected chi connectivity index (χ4v) is 1.71. The number of anilines is 2. The van der Waals surface area contributed by atoms with Gasteiger partial charge in [-0.25, -0.2) is 0 Å². The van der Waals surface area contributed by atoms with E-state index in [0.29, 0.717) is 16.9 Å². The number of hydrogen-bond donors (Lipinski definition) is 4. The van der Waals surface area contributed by atoms with E-state index in [4.69, 9.17) is 17.2 Å². The van der Waals surface area contributed by atoms with Crippen LogP contribution in [0.1, 0.15) is 10.4 Å². The van der Waals surface area contributed by atoms with Crippen LogP contribution in [-0.2, 0) is 9.59 Å². The highest BCUT2D eigenvalue weighted by atomic mass is 16.2. The highest BCUT2D eigenvalue weighted by molar-refractivity contribution is 5.97. The van der Waals surface area contributed by atoms with Crippen molar-refractivity contribution in [2.45, 2.75) is 0 Å². The van der Waals surface area contributed by atoms with Crippen LogP contribution in [0, 0.1) is 0 Å². The van der Waals surface area contributed by atoms with E-state index in [2.05, 4.69) is 5.32 Å². The van der Waals surface area contributed by atoms with Crippen molar-refractivity contribution in [1.29, 1.82) is 0 Å². The van der Waals surface area contributed by atoms with Gasteiger partial charge >= 0.3 is 0 Å². The van der Waals surface area contributed by atoms with Crippen LogP contribution in [0.25, 0.3) is 0 Å². The molecule has 0 aliphatic carbocycles. The predicted molar refractivity (Wildman–Crippen MR) is 74.8 cm³/mol. The first-order valence-corrected chi connectivity index (χ1v) is 5.78. The van der Waals surface area contributed by atoms with Gasteiger partial charge in [-0.3, -0.25) is 14.4 Å². The van der Waals surface area contributed by atoms with Crippen LogP contribution in [0.2, 0.25) is 0 Å². The van der Waals surface area contributed by atoms with E-state index < -0.39 is 11.8 Å². The molecule has 7 N–H and O–H groups in total. The van der Waals surface area contributed by atoms with E-state index in [9.17, 15) is 14.4 Å². The topological polar surface area (TPSA) is 145 Å². The maximum absolute atomic E-state index is 11.6. The number of amides is 3. The third kappa shape index (κ3) is 3.87. The van der Waals surface area contributed by atoms with Gasteiger partial charge in [0.1, 0.15) is 0 Å². The molecule has 108 valence electrons. The number of carbonyl (C=O) groups excluding carboxylic acids is 3. The van der Waals surface area contributed by atoms with Crippen molar-refractivity contribution in [3.8, 4) is 0 Å². The van der Waals surface area contributed by atoms with E-state index >= 15 is 0 Å². The predicted octanol–water partition coefficient (Wildman–Crippen LogP) is -1.59. The lowest BCUT2D eigenvalue weighted by molar-refractivity contribution is -0.117. The van der Waals surface area contributed by atoms with Gasteiger partial charge in [-0.2, -0.15) is 0 Å². The minimum atomic E-state index is -0.643. The minimum absolute atomic E-state index is 0.232. The lowest BCUT2D eigenvalue weighted by atomic mass is 10.1. The van der Waals surface area contributed by atoms with E-state index in [-0.39, 0.29) is 19.0 Å². The highest BCUT2D eigenvalue weighted by Crippen LogP contribution is 2.24. The maximum Gasteiger partial charge on any atom is 0.251 e. The molecule has 1 aromatic carbocycles. The van der Waals surface area contributed by atoms with Crippen molar-refractivity contribution in [3.05, 3.63) is 23.8 Å². The minimum Gasteiger partial charge on any atom is -0.397 e. The number of primary amides is 2. The van der Waals surface area contributed by atoms with Crippen LogP contribution in [0.4, 0.5) is 11.4 Å². The standard InChI is InChI=1S/C12H17N5O3/c1-16-12(20)7-2-3-8(13)9(4-7)17(5-10(14)18)6-11(15)19/h2-4H,5-6,13H2,1H3,(H2,14,18)(H2,15,19)(H,16,20). The normalized spacial score (nSPS) is 9.85. The second-order valence-electron chi connectivity index (χ2n) is 4.14. The van der Waals surface area contributed by atoms with Crippen LogP contribution in [0.15, 0.2) is 18.2 Å². The Morgan fingerprint density at radius 3 is 2.15 bits per heavy atom. The van der Waals surface area contributed by atoms with Gasteiger partial charge in [0.2, 0.25) is 11.8 Å². The molecular weight excluding hydrogens is 262 g/mol. The van der Waals surface area contributed by atoms with E-state index in [1.807, 2.05) is 0 Å². The smallest absolute Gasteiger partial charge is 0.251 e. The third-order valence-electron chi connectivity index (χ3n) is 2.55. The summed E-state index contributed by atoms with van der Waals surface area (Å²) in [6, 6.07) is 4.51. The maximum atomic E-state index is 11.6. The van der Waals surface area contributed by atoms with Crippen LogP contribution in [0.3, 0.4) is 0 Å². The Morgan fingerprint density at radius 2 is 1.70 bits per heavy atom. The SMILES string of the molecule is CNC(=O)c1ccc(N)c(N(CC(N)=O)CC(N)=O)c1. The zero-order chi connectivity index (χ0) is 15.3. The molecule has 0 aromatic heterocycles. The quantitative estimate of drug-likeness (QED) is 0.464. The molecule has 1 rings (SSSR count). The first kappa shape index (κ1) is 15.3. The van der Waals surface area contributed by atoms with Crippen LogP contribution in [-0.4, -0.2) is 37.9 Å². The third-order valence-corrected chi connectivity index (χ3v) is 2.55. The summed E-state index contributed by atoms with van der Waals surface area (Å²) in [6.45, 7) is -0.464. The largest absolute Gasteiger partial charge is 0.397 e. The molecule has 8 heteroatoms. The Kier molecular flexibility index (Phi) is 4.90. The first-order valence-electron chi connectivity index (χ1n) is 5.78. The fourth-order valence-electron chi connectivity index (χ4n) is 1.71. The number of rotatable bonds is 6. The summed E-state index contributed by atoms with van der Waals surface area (Å²) in [5.74, 6) is -1.60. The number of nitrogens with one attached hydrogen (secondary N) is 1. The molecular formula is C12H17N5O3. The molecule has 0 spiro atoms. The Labute approximate surface area is 115 Å². The zero-order valence-corrected chi connectivity index (χ0v) is 11.1. The average Bonchev–Trinajstić information content (AvgIpc) is 2.36. The van der Waals surface area contributed by atoms with Gasteiger partial charge in [0.25, 0.3) is 5.91 Å². The second kappa shape index (κ2) is 6.41. The molecule has 20 heavy (non-hydrogen) atoms. The van der Waals surface area contributed by atoms with Gasteiger partial charge in [-0.1, -0.05) is 0 Å². The molecule has 0 saturated heterocycles. The molecule has 0 heterocycles. The molecule has 0 fully saturated rings.